The summed E-state index contributed by atoms with van der Waals surface area (Å²) in [5.74, 6) is -2.02. The number of halogens is 4. The molecular formula is C18H14F4N2O3. The molecule has 1 fully saturated rings. The van der Waals surface area contributed by atoms with Gasteiger partial charge in [0.05, 0.1) is 11.1 Å². The summed E-state index contributed by atoms with van der Waals surface area (Å²) in [7, 11) is 0. The number of rotatable bonds is 4. The van der Waals surface area contributed by atoms with Gasteiger partial charge in [-0.1, -0.05) is 12.1 Å². The molecule has 2 atom stereocenters. The summed E-state index contributed by atoms with van der Waals surface area (Å²) in [6.07, 6.45) is -5.13. The number of carboxylic acid groups (broad SMARTS) is 1. The van der Waals surface area contributed by atoms with Crippen LogP contribution in [0.2, 0.25) is 0 Å². The average Bonchev–Trinajstić information content (AvgIpc) is 3.33. The lowest BCUT2D eigenvalue weighted by atomic mass is 10.1. The molecule has 0 bridgehead atoms. The molecule has 1 aliphatic carbocycles. The first kappa shape index (κ1) is 18.7. The van der Waals surface area contributed by atoms with E-state index in [4.69, 9.17) is 5.11 Å². The molecule has 2 aromatic carbocycles. The first-order valence-electron chi connectivity index (χ1n) is 7.92. The van der Waals surface area contributed by atoms with Crippen LogP contribution < -0.4 is 10.6 Å². The largest absolute Gasteiger partial charge is 0.465 e. The molecule has 2 unspecified atom stereocenters. The van der Waals surface area contributed by atoms with Gasteiger partial charge >= 0.3 is 12.3 Å². The van der Waals surface area contributed by atoms with E-state index in [0.717, 1.165) is 5.56 Å². The van der Waals surface area contributed by atoms with Crippen molar-refractivity contribution < 1.29 is 32.3 Å². The maximum absolute atomic E-state index is 13.8. The van der Waals surface area contributed by atoms with Gasteiger partial charge in [0.25, 0.3) is 5.91 Å². The molecule has 1 saturated carbocycles. The number of carbonyl (C=O) groups is 2. The number of nitrogens with one attached hydrogen (secondary N) is 2. The molecule has 0 spiro atoms. The number of hydrogen-bond acceptors (Lipinski definition) is 2. The number of hydrogen-bond donors (Lipinski definition) is 3. The smallest absolute Gasteiger partial charge is 0.416 e. The highest BCUT2D eigenvalue weighted by Crippen LogP contribution is 2.41. The molecule has 0 radical (unpaired) electrons. The molecule has 0 aliphatic heterocycles. The lowest BCUT2D eigenvalue weighted by molar-refractivity contribution is -0.137. The van der Waals surface area contributed by atoms with Crippen molar-refractivity contribution in [2.24, 2.45) is 0 Å². The quantitative estimate of drug-likeness (QED) is 0.693. The third-order valence-corrected chi connectivity index (χ3v) is 4.23. The summed E-state index contributed by atoms with van der Waals surface area (Å²) in [4.78, 5) is 22.7. The fraction of sp³-hybridized carbons (Fsp3) is 0.222. The van der Waals surface area contributed by atoms with Gasteiger partial charge in [-0.15, -0.1) is 0 Å². The molecule has 3 rings (SSSR count). The highest BCUT2D eigenvalue weighted by atomic mass is 19.4. The van der Waals surface area contributed by atoms with E-state index in [1.165, 1.54) is 12.1 Å². The lowest BCUT2D eigenvalue weighted by Gasteiger charge is -2.11. The van der Waals surface area contributed by atoms with Crippen LogP contribution in [0.25, 0.3) is 0 Å². The number of anilines is 1. The van der Waals surface area contributed by atoms with Crippen LogP contribution in [0.1, 0.15) is 33.8 Å². The molecule has 1 aliphatic rings. The zero-order valence-electron chi connectivity index (χ0n) is 13.7. The van der Waals surface area contributed by atoms with Gasteiger partial charge in [0.2, 0.25) is 0 Å². The van der Waals surface area contributed by atoms with Gasteiger partial charge in [0.15, 0.2) is 0 Å². The number of amides is 2. The van der Waals surface area contributed by atoms with Gasteiger partial charge in [-0.3, -0.25) is 4.79 Å². The van der Waals surface area contributed by atoms with E-state index >= 15 is 0 Å². The Hall–Kier alpha value is -3.10. The van der Waals surface area contributed by atoms with E-state index in [0.29, 0.717) is 24.6 Å². The Bertz CT molecular complexity index is 881. The van der Waals surface area contributed by atoms with Crippen molar-refractivity contribution in [3.05, 3.63) is 65.0 Å². The molecule has 27 heavy (non-hydrogen) atoms. The minimum Gasteiger partial charge on any atom is -0.465 e. The highest BCUT2D eigenvalue weighted by molar-refractivity contribution is 6.04. The maximum atomic E-state index is 13.8. The molecule has 5 nitrogen and oxygen atoms in total. The van der Waals surface area contributed by atoms with E-state index in [1.54, 1.807) is 12.1 Å². The van der Waals surface area contributed by atoms with Gasteiger partial charge in [0, 0.05) is 17.6 Å². The fourth-order valence-corrected chi connectivity index (χ4v) is 2.77. The first-order valence-corrected chi connectivity index (χ1v) is 7.92. The molecule has 2 aromatic rings. The minimum absolute atomic E-state index is 0.0340. The molecule has 0 heterocycles. The van der Waals surface area contributed by atoms with Crippen LogP contribution in [-0.4, -0.2) is 23.1 Å². The third kappa shape index (κ3) is 4.36. The van der Waals surface area contributed by atoms with Crippen molar-refractivity contribution in [3.63, 3.8) is 0 Å². The van der Waals surface area contributed by atoms with Gasteiger partial charge < -0.3 is 15.7 Å². The van der Waals surface area contributed by atoms with Crippen molar-refractivity contribution in [2.75, 3.05) is 5.32 Å². The van der Waals surface area contributed by atoms with Crippen LogP contribution in [-0.2, 0) is 6.18 Å². The van der Waals surface area contributed by atoms with Crippen LogP contribution in [0.15, 0.2) is 42.5 Å². The van der Waals surface area contributed by atoms with Crippen LogP contribution in [0.4, 0.5) is 28.0 Å². The Kier molecular flexibility index (Phi) is 4.77. The topological polar surface area (TPSA) is 78.4 Å². The second-order valence-electron chi connectivity index (χ2n) is 6.17. The number of carbonyl (C=O) groups excluding carboxylic acids is 1. The standard InChI is InChI=1S/C18H14F4N2O3/c19-14-6-3-10(18(20,21)22)7-13(14)16(25)23-11-4-1-9(2-5-11)12-8-15(12)24-17(26)27/h1-7,12,15,24H,8H2,(H,23,25)(H,26,27). The van der Waals surface area contributed by atoms with Gasteiger partial charge in [0.1, 0.15) is 5.82 Å². The Morgan fingerprint density at radius 1 is 1.07 bits per heavy atom. The van der Waals surface area contributed by atoms with E-state index in [2.05, 4.69) is 10.6 Å². The van der Waals surface area contributed by atoms with Gasteiger partial charge in [-0.2, -0.15) is 13.2 Å². The van der Waals surface area contributed by atoms with Crippen molar-refractivity contribution in [2.45, 2.75) is 24.6 Å². The predicted molar refractivity (Wildman–Crippen MR) is 88.1 cm³/mol. The monoisotopic (exact) mass is 382 g/mol. The number of benzene rings is 2. The van der Waals surface area contributed by atoms with Crippen molar-refractivity contribution in [1.29, 1.82) is 0 Å². The summed E-state index contributed by atoms with van der Waals surface area (Å²) in [6, 6.07) is 7.86. The summed E-state index contributed by atoms with van der Waals surface area (Å²) in [6.45, 7) is 0. The molecule has 3 N–H and O–H groups in total. The summed E-state index contributed by atoms with van der Waals surface area (Å²) < 4.78 is 51.9. The highest BCUT2D eigenvalue weighted by Gasteiger charge is 2.39. The first-order chi connectivity index (χ1) is 12.6. The zero-order valence-corrected chi connectivity index (χ0v) is 13.7. The molecule has 0 saturated heterocycles. The Morgan fingerprint density at radius 3 is 2.33 bits per heavy atom. The fourth-order valence-electron chi connectivity index (χ4n) is 2.77. The predicted octanol–water partition coefficient (Wildman–Crippen LogP) is 4.22. The van der Waals surface area contributed by atoms with Crippen molar-refractivity contribution >= 4 is 17.7 Å². The van der Waals surface area contributed by atoms with E-state index in [9.17, 15) is 27.2 Å². The maximum Gasteiger partial charge on any atom is 0.416 e. The third-order valence-electron chi connectivity index (χ3n) is 4.23. The van der Waals surface area contributed by atoms with Gasteiger partial charge in [-0.25, -0.2) is 9.18 Å². The summed E-state index contributed by atoms with van der Waals surface area (Å²) in [5, 5.41) is 13.4. The van der Waals surface area contributed by atoms with Crippen molar-refractivity contribution in [3.8, 4) is 0 Å². The SMILES string of the molecule is O=C(O)NC1CC1c1ccc(NC(=O)c2cc(C(F)(F)F)ccc2F)cc1. The molecule has 9 heteroatoms. The second-order valence-corrected chi connectivity index (χ2v) is 6.17. The molecular weight excluding hydrogens is 368 g/mol. The summed E-state index contributed by atoms with van der Waals surface area (Å²) in [5.41, 5.74) is -0.683. The summed E-state index contributed by atoms with van der Waals surface area (Å²) >= 11 is 0. The van der Waals surface area contributed by atoms with Crippen LogP contribution >= 0.6 is 0 Å². The van der Waals surface area contributed by atoms with Gasteiger partial charge in [-0.05, 0) is 42.3 Å². The second kappa shape index (κ2) is 6.90. The molecule has 0 aromatic heterocycles. The minimum atomic E-state index is -4.69. The Balaban J connectivity index is 1.69. The van der Waals surface area contributed by atoms with Crippen LogP contribution in [0.3, 0.4) is 0 Å². The van der Waals surface area contributed by atoms with Crippen LogP contribution in [0, 0.1) is 5.82 Å². The zero-order chi connectivity index (χ0) is 19.8. The van der Waals surface area contributed by atoms with E-state index < -0.39 is 35.1 Å². The number of alkyl halides is 3. The Labute approximate surface area is 151 Å². The molecule has 2 amide bonds. The van der Waals surface area contributed by atoms with Crippen LogP contribution in [0.5, 0.6) is 0 Å². The van der Waals surface area contributed by atoms with E-state index in [-0.39, 0.29) is 17.6 Å². The normalized spacial score (nSPS) is 18.7. The average molecular weight is 382 g/mol. The van der Waals surface area contributed by atoms with Crippen molar-refractivity contribution in [1.82, 2.24) is 5.32 Å². The lowest BCUT2D eigenvalue weighted by Crippen LogP contribution is -2.24. The van der Waals surface area contributed by atoms with E-state index in [1.807, 2.05) is 0 Å². The molecule has 142 valence electrons. The Morgan fingerprint density at radius 2 is 1.74 bits per heavy atom.